The molecule has 0 spiro atoms. The molecule has 0 radical (unpaired) electrons. The first-order chi connectivity index (χ1) is 19.3. The molecule has 2 aromatic heterocycles. The SMILES string of the molecule is CCn1cc(S(=O)(=O)N2C[C@H](CC(C)(C)c3noc(=O)[nH]3)Oc3ccc(N(C(=O)[O-])C(C)(C)C(F)(F)F)cc32)c(Cl)n1. The predicted molar refractivity (Wildman–Crippen MR) is 141 cm³/mol. The van der Waals surface area contributed by atoms with E-state index in [9.17, 15) is 36.3 Å². The van der Waals surface area contributed by atoms with Crippen molar-refractivity contribution in [3.05, 3.63) is 45.9 Å². The number of sulfonamides is 1. The molecule has 1 aromatic carbocycles. The average molecular weight is 636 g/mol. The number of carboxylic acid groups (broad SMARTS) is 1. The van der Waals surface area contributed by atoms with Crippen LogP contribution in [0.25, 0.3) is 0 Å². The second-order valence-electron chi connectivity index (χ2n) is 10.8. The highest BCUT2D eigenvalue weighted by atomic mass is 35.5. The Morgan fingerprint density at radius 2 is 1.93 bits per heavy atom. The zero-order chi connectivity index (χ0) is 31.4. The molecule has 3 heterocycles. The first-order valence-electron chi connectivity index (χ1n) is 12.5. The fourth-order valence-electron chi connectivity index (χ4n) is 4.58. The number of amides is 1. The molecule has 0 saturated heterocycles. The lowest BCUT2D eigenvalue weighted by Crippen LogP contribution is -2.60. The number of nitrogens with one attached hydrogen (secondary N) is 1. The number of aromatic nitrogens is 4. The number of carbonyl (C=O) groups is 1. The second-order valence-corrected chi connectivity index (χ2v) is 12.9. The second kappa shape index (κ2) is 10.5. The summed E-state index contributed by atoms with van der Waals surface area (Å²) in [6, 6.07) is 3.19. The third kappa shape index (κ3) is 5.54. The van der Waals surface area contributed by atoms with Crippen LogP contribution in [0.5, 0.6) is 5.75 Å². The highest BCUT2D eigenvalue weighted by Gasteiger charge is 2.52. The zero-order valence-electron chi connectivity index (χ0n) is 23.0. The molecule has 4 rings (SSSR count). The van der Waals surface area contributed by atoms with Gasteiger partial charge in [0.25, 0.3) is 10.0 Å². The van der Waals surface area contributed by atoms with Crippen LogP contribution in [0, 0.1) is 0 Å². The van der Waals surface area contributed by atoms with Gasteiger partial charge in [-0.15, -0.1) is 0 Å². The van der Waals surface area contributed by atoms with Gasteiger partial charge in [0.05, 0.1) is 12.2 Å². The zero-order valence-corrected chi connectivity index (χ0v) is 24.6. The van der Waals surface area contributed by atoms with Crippen LogP contribution in [0.3, 0.4) is 0 Å². The lowest BCUT2D eigenvalue weighted by Gasteiger charge is -2.42. The summed E-state index contributed by atoms with van der Waals surface area (Å²) in [4.78, 5) is 25.6. The van der Waals surface area contributed by atoms with E-state index < -0.39 is 50.8 Å². The minimum absolute atomic E-state index is 0.00368. The van der Waals surface area contributed by atoms with E-state index in [4.69, 9.17) is 16.3 Å². The number of carbonyl (C=O) groups excluding carboxylic acids is 1. The van der Waals surface area contributed by atoms with Crippen molar-refractivity contribution >= 4 is 39.1 Å². The molecular formula is C24H27ClF3N6O7S-. The van der Waals surface area contributed by atoms with Gasteiger partial charge in [-0.1, -0.05) is 30.6 Å². The minimum Gasteiger partial charge on any atom is -0.530 e. The molecule has 1 atom stereocenters. The van der Waals surface area contributed by atoms with E-state index in [1.165, 1.54) is 16.9 Å². The maximum absolute atomic E-state index is 14.0. The third-order valence-corrected chi connectivity index (χ3v) is 9.14. The first-order valence-corrected chi connectivity index (χ1v) is 14.3. The number of aryl methyl sites for hydroxylation is 1. The van der Waals surface area contributed by atoms with Crippen molar-refractivity contribution in [2.24, 2.45) is 0 Å². The van der Waals surface area contributed by atoms with Gasteiger partial charge in [-0.2, -0.15) is 18.3 Å². The number of alkyl halides is 3. The van der Waals surface area contributed by atoms with Gasteiger partial charge in [0.15, 0.2) is 11.0 Å². The van der Waals surface area contributed by atoms with Gasteiger partial charge in [-0.3, -0.25) is 18.5 Å². The Bertz CT molecular complexity index is 1660. The number of benzene rings is 1. The number of halogens is 4. The van der Waals surface area contributed by atoms with Crippen molar-refractivity contribution < 1.29 is 40.8 Å². The number of H-pyrrole nitrogens is 1. The van der Waals surface area contributed by atoms with Crippen LogP contribution in [0.1, 0.15) is 46.9 Å². The summed E-state index contributed by atoms with van der Waals surface area (Å²) < 4.78 is 82.4. The number of hydrogen-bond donors (Lipinski definition) is 1. The Balaban J connectivity index is 1.85. The fraction of sp³-hybridized carbons (Fsp3) is 0.500. The number of rotatable bonds is 8. The Morgan fingerprint density at radius 1 is 1.26 bits per heavy atom. The molecule has 1 aliphatic heterocycles. The Labute approximate surface area is 242 Å². The standard InChI is InChI=1S/C24H28ClF3N6O7S/c1-6-32-12-17(18(25)30-32)42(38,39)33-11-14(10-22(2,3)19-29-20(35)41-31-19)40-16-8-7-13(9-15(16)33)34(21(36)37)23(4,5)24(26,27)28/h7-9,12,14H,6,10-11H2,1-5H3,(H,36,37)(H,29,31,35)/p-1/t14-/m0/s1. The molecule has 3 aromatic rings. The molecule has 13 nitrogen and oxygen atoms in total. The molecule has 0 aliphatic carbocycles. The summed E-state index contributed by atoms with van der Waals surface area (Å²) in [6.07, 6.45) is -6.74. The van der Waals surface area contributed by atoms with Crippen molar-refractivity contribution in [2.45, 2.75) is 75.7 Å². The quantitative estimate of drug-likeness (QED) is 0.391. The molecule has 0 fully saturated rings. The molecule has 0 saturated carbocycles. The van der Waals surface area contributed by atoms with E-state index in [-0.39, 0.29) is 45.2 Å². The van der Waals surface area contributed by atoms with Gasteiger partial charge in [0.2, 0.25) is 0 Å². The van der Waals surface area contributed by atoms with Gasteiger partial charge in [-0.05, 0) is 45.4 Å². The van der Waals surface area contributed by atoms with Crippen LogP contribution in [-0.2, 0) is 22.0 Å². The van der Waals surface area contributed by atoms with Crippen LogP contribution in [0.15, 0.2) is 38.6 Å². The third-order valence-electron chi connectivity index (χ3n) is 6.97. The highest BCUT2D eigenvalue weighted by molar-refractivity contribution is 7.93. The van der Waals surface area contributed by atoms with Crippen molar-refractivity contribution in [1.82, 2.24) is 19.9 Å². The summed E-state index contributed by atoms with van der Waals surface area (Å²) in [7, 11) is -4.53. The minimum atomic E-state index is -5.01. The Hall–Kier alpha value is -3.73. The number of ether oxygens (including phenoxy) is 1. The van der Waals surface area contributed by atoms with Gasteiger partial charge in [0.1, 0.15) is 28.4 Å². The smallest absolute Gasteiger partial charge is 0.438 e. The van der Waals surface area contributed by atoms with Gasteiger partial charge < -0.3 is 19.5 Å². The van der Waals surface area contributed by atoms with Gasteiger partial charge in [0, 0.05) is 23.8 Å². The topological polar surface area (TPSA) is 167 Å². The molecule has 1 aliphatic rings. The highest BCUT2D eigenvalue weighted by Crippen LogP contribution is 2.45. The monoisotopic (exact) mass is 635 g/mol. The van der Waals surface area contributed by atoms with Crippen molar-refractivity contribution in [3.63, 3.8) is 0 Å². The summed E-state index contributed by atoms with van der Waals surface area (Å²) in [5.41, 5.74) is -4.57. The van der Waals surface area contributed by atoms with E-state index in [1.54, 1.807) is 20.8 Å². The van der Waals surface area contributed by atoms with E-state index in [1.807, 2.05) is 0 Å². The lowest BCUT2D eigenvalue weighted by atomic mass is 9.85. The van der Waals surface area contributed by atoms with E-state index in [2.05, 4.69) is 19.8 Å². The van der Waals surface area contributed by atoms with E-state index in [0.717, 1.165) is 16.4 Å². The summed E-state index contributed by atoms with van der Waals surface area (Å²) in [6.45, 7) is 6.35. The van der Waals surface area contributed by atoms with Crippen LogP contribution in [0.4, 0.5) is 29.3 Å². The largest absolute Gasteiger partial charge is 0.530 e. The molecule has 42 heavy (non-hydrogen) atoms. The summed E-state index contributed by atoms with van der Waals surface area (Å²) in [5.74, 6) is -0.672. The molecule has 1 amide bonds. The lowest BCUT2D eigenvalue weighted by molar-refractivity contribution is -0.254. The normalized spacial score (nSPS) is 16.2. The molecular weight excluding hydrogens is 609 g/mol. The molecule has 0 unspecified atom stereocenters. The van der Waals surface area contributed by atoms with Crippen LogP contribution < -0.4 is 24.8 Å². The molecule has 1 N–H and O–H groups in total. The van der Waals surface area contributed by atoms with E-state index >= 15 is 0 Å². The van der Waals surface area contributed by atoms with Crippen LogP contribution >= 0.6 is 11.6 Å². The number of hydrogen-bond acceptors (Lipinski definition) is 9. The predicted octanol–water partition coefficient (Wildman–Crippen LogP) is 3.05. The number of fused-ring (bicyclic) bond motifs is 1. The molecule has 0 bridgehead atoms. The van der Waals surface area contributed by atoms with Crippen LogP contribution in [0.2, 0.25) is 5.15 Å². The van der Waals surface area contributed by atoms with Crippen molar-refractivity contribution in [2.75, 3.05) is 15.7 Å². The van der Waals surface area contributed by atoms with Gasteiger partial charge in [-0.25, -0.2) is 13.2 Å². The Morgan fingerprint density at radius 3 is 2.45 bits per heavy atom. The number of nitrogens with zero attached hydrogens (tertiary/aromatic N) is 5. The molecule has 18 heteroatoms. The maximum Gasteiger partial charge on any atom is 0.438 e. The number of anilines is 2. The van der Waals surface area contributed by atoms with E-state index in [0.29, 0.717) is 20.4 Å². The molecule has 230 valence electrons. The van der Waals surface area contributed by atoms with Crippen LogP contribution in [-0.4, -0.2) is 58.8 Å². The Kier molecular flexibility index (Phi) is 7.82. The average Bonchev–Trinajstić information content (AvgIpc) is 3.48. The number of aromatic amines is 1. The maximum atomic E-state index is 14.0. The fourth-order valence-corrected chi connectivity index (χ4v) is 6.53. The summed E-state index contributed by atoms with van der Waals surface area (Å²) >= 11 is 6.17. The van der Waals surface area contributed by atoms with Gasteiger partial charge >= 0.3 is 11.9 Å². The van der Waals surface area contributed by atoms with Crippen molar-refractivity contribution in [1.29, 1.82) is 0 Å². The van der Waals surface area contributed by atoms with Crippen molar-refractivity contribution in [3.8, 4) is 5.75 Å². The summed E-state index contributed by atoms with van der Waals surface area (Å²) in [5, 5.41) is 19.3. The first kappa shape index (κ1) is 31.2.